The predicted molar refractivity (Wildman–Crippen MR) is 285 cm³/mol. The van der Waals surface area contributed by atoms with Crippen molar-refractivity contribution in [2.45, 2.75) is 12.3 Å². The van der Waals surface area contributed by atoms with Crippen molar-refractivity contribution in [1.82, 2.24) is 4.57 Å². The minimum absolute atomic E-state index is 0.479. The summed E-state index contributed by atoms with van der Waals surface area (Å²) in [5.41, 5.74) is 20.6. The van der Waals surface area contributed by atoms with Gasteiger partial charge in [0, 0.05) is 50.1 Å². The third kappa shape index (κ3) is 6.54. The zero-order valence-electron chi connectivity index (χ0n) is 37.6. The van der Waals surface area contributed by atoms with E-state index in [2.05, 4.69) is 253 Å². The third-order valence-electron chi connectivity index (χ3n) is 14.0. The van der Waals surface area contributed by atoms with Gasteiger partial charge >= 0.3 is 0 Å². The van der Waals surface area contributed by atoms with Crippen LogP contribution in [0.2, 0.25) is 0 Å². The largest absolute Gasteiger partial charge is 0.310 e. The molecule has 2 heteroatoms. The molecule has 0 fully saturated rings. The highest BCUT2D eigenvalue weighted by Gasteiger charge is 2.41. The van der Waals surface area contributed by atoms with Gasteiger partial charge < -0.3 is 9.47 Å². The number of nitrogens with zero attached hydrogens (tertiary/aromatic N) is 2. The SMILES string of the molecule is C#Cc1cccc(-c2cccc(C3(C)c4ccccc4-c4ccc(N(c5ccc(-c6ccccc6)cc5)c5ccc(-c6ccc7c(c6)c6ccccc6n7-c6ccccc6)cc5)cc43)c2)c1C#C. The van der Waals surface area contributed by atoms with Crippen LogP contribution in [0.25, 0.3) is 72.0 Å². The van der Waals surface area contributed by atoms with Crippen LogP contribution in [-0.2, 0) is 5.41 Å². The number of benzene rings is 10. The highest BCUT2D eigenvalue weighted by molar-refractivity contribution is 6.10. The van der Waals surface area contributed by atoms with Crippen LogP contribution in [0.15, 0.2) is 237 Å². The maximum atomic E-state index is 6.10. The Morgan fingerprint density at radius 2 is 0.971 bits per heavy atom. The molecule has 1 unspecified atom stereocenters. The van der Waals surface area contributed by atoms with Crippen molar-refractivity contribution in [3.63, 3.8) is 0 Å². The molecule has 11 aromatic rings. The second kappa shape index (κ2) is 16.4. The molecule has 0 bridgehead atoms. The number of aromatic nitrogens is 1. The fourth-order valence-electron chi connectivity index (χ4n) is 10.7. The van der Waals surface area contributed by atoms with Crippen molar-refractivity contribution in [3.8, 4) is 74.9 Å². The van der Waals surface area contributed by atoms with Crippen molar-refractivity contribution < 1.29 is 0 Å². The minimum Gasteiger partial charge on any atom is -0.310 e. The summed E-state index contributed by atoms with van der Waals surface area (Å²) in [6, 6.07) is 85.4. The van der Waals surface area contributed by atoms with Gasteiger partial charge in [-0.15, -0.1) is 12.8 Å². The number of fused-ring (bicyclic) bond motifs is 6. The summed E-state index contributed by atoms with van der Waals surface area (Å²) in [6.07, 6.45) is 12.0. The lowest BCUT2D eigenvalue weighted by molar-refractivity contribution is 0.714. The maximum absolute atomic E-state index is 6.10. The topological polar surface area (TPSA) is 8.17 Å². The number of terminal acetylenes is 2. The predicted octanol–water partition coefficient (Wildman–Crippen LogP) is 16.6. The summed E-state index contributed by atoms with van der Waals surface area (Å²) >= 11 is 0. The van der Waals surface area contributed by atoms with Gasteiger partial charge in [0.25, 0.3) is 0 Å². The molecular formula is C66H44N2. The average molecular weight is 865 g/mol. The van der Waals surface area contributed by atoms with Gasteiger partial charge in [0.15, 0.2) is 0 Å². The van der Waals surface area contributed by atoms with Crippen LogP contribution in [-0.4, -0.2) is 4.57 Å². The molecule has 1 atom stereocenters. The fraction of sp³-hybridized carbons (Fsp3) is 0.0303. The normalized spacial score (nSPS) is 13.7. The van der Waals surface area contributed by atoms with Gasteiger partial charge in [0.05, 0.1) is 11.0 Å². The van der Waals surface area contributed by atoms with Crippen LogP contribution < -0.4 is 4.90 Å². The Kier molecular flexibility index (Phi) is 9.76. The van der Waals surface area contributed by atoms with E-state index < -0.39 is 5.41 Å². The molecule has 12 rings (SSSR count). The Bertz CT molecular complexity index is 3810. The number of hydrogen-bond donors (Lipinski definition) is 0. The smallest absolute Gasteiger partial charge is 0.0541 e. The molecule has 0 radical (unpaired) electrons. The molecule has 68 heavy (non-hydrogen) atoms. The Morgan fingerprint density at radius 1 is 0.397 bits per heavy atom. The lowest BCUT2D eigenvalue weighted by Crippen LogP contribution is -2.23. The molecule has 0 saturated heterocycles. The maximum Gasteiger partial charge on any atom is 0.0541 e. The van der Waals surface area contributed by atoms with E-state index in [1.165, 1.54) is 66.3 Å². The second-order valence-corrected chi connectivity index (χ2v) is 17.7. The summed E-state index contributed by atoms with van der Waals surface area (Å²) in [5, 5.41) is 2.47. The summed E-state index contributed by atoms with van der Waals surface area (Å²) < 4.78 is 2.36. The van der Waals surface area contributed by atoms with E-state index >= 15 is 0 Å². The summed E-state index contributed by atoms with van der Waals surface area (Å²) in [4.78, 5) is 2.39. The van der Waals surface area contributed by atoms with Crippen molar-refractivity contribution >= 4 is 38.9 Å². The van der Waals surface area contributed by atoms with Gasteiger partial charge in [-0.25, -0.2) is 0 Å². The van der Waals surface area contributed by atoms with Crippen LogP contribution in [0.1, 0.15) is 34.7 Å². The molecular weight excluding hydrogens is 821 g/mol. The Morgan fingerprint density at radius 3 is 1.72 bits per heavy atom. The lowest BCUT2D eigenvalue weighted by atomic mass is 9.73. The first kappa shape index (κ1) is 40.4. The number of rotatable bonds is 8. The molecule has 2 nitrogen and oxygen atoms in total. The molecule has 0 saturated carbocycles. The highest BCUT2D eigenvalue weighted by atomic mass is 15.1. The molecule has 318 valence electrons. The Labute approximate surface area is 398 Å². The van der Waals surface area contributed by atoms with Crippen LogP contribution in [0.5, 0.6) is 0 Å². The molecule has 10 aromatic carbocycles. The lowest BCUT2D eigenvalue weighted by Gasteiger charge is -2.31. The van der Waals surface area contributed by atoms with Gasteiger partial charge in [-0.05, 0) is 147 Å². The zero-order valence-corrected chi connectivity index (χ0v) is 37.6. The molecule has 0 spiro atoms. The van der Waals surface area contributed by atoms with E-state index in [-0.39, 0.29) is 0 Å². The Balaban J connectivity index is 0.984. The average Bonchev–Trinajstić information content (AvgIpc) is 3.88. The molecule has 1 aliphatic rings. The van der Waals surface area contributed by atoms with Crippen LogP contribution in [0.4, 0.5) is 17.1 Å². The van der Waals surface area contributed by atoms with Crippen LogP contribution >= 0.6 is 0 Å². The van der Waals surface area contributed by atoms with Gasteiger partial charge in [0.2, 0.25) is 0 Å². The van der Waals surface area contributed by atoms with E-state index in [4.69, 9.17) is 12.8 Å². The molecule has 0 N–H and O–H groups in total. The third-order valence-corrected chi connectivity index (χ3v) is 14.0. The first-order valence-corrected chi connectivity index (χ1v) is 23.1. The van der Waals surface area contributed by atoms with E-state index in [9.17, 15) is 0 Å². The van der Waals surface area contributed by atoms with Crippen molar-refractivity contribution in [3.05, 3.63) is 264 Å². The molecule has 0 aliphatic heterocycles. The summed E-state index contributed by atoms with van der Waals surface area (Å²) in [7, 11) is 0. The Hall–Kier alpha value is -9.08. The minimum atomic E-state index is -0.479. The van der Waals surface area contributed by atoms with E-state index in [0.717, 1.165) is 50.6 Å². The quantitative estimate of drug-likeness (QED) is 0.138. The van der Waals surface area contributed by atoms with Gasteiger partial charge in [-0.2, -0.15) is 0 Å². The van der Waals surface area contributed by atoms with E-state index in [1.54, 1.807) is 0 Å². The number of anilines is 3. The van der Waals surface area contributed by atoms with Gasteiger partial charge in [0.1, 0.15) is 0 Å². The highest BCUT2D eigenvalue weighted by Crippen LogP contribution is 2.54. The second-order valence-electron chi connectivity index (χ2n) is 17.7. The monoisotopic (exact) mass is 864 g/mol. The number of hydrogen-bond acceptors (Lipinski definition) is 1. The standard InChI is InChI=1S/C66H44N2/c1-4-45-20-17-27-57(56(45)5-2)50-21-16-22-51(42-50)66(3)62-28-14-12-25-58(62)59-40-39-55(44-63(59)66)67(53-35-30-47(31-36-53)46-18-8-6-9-19-46)54-37-32-48(33-38-54)49-34-41-65-61(43-49)60-26-13-15-29-64(60)68(65)52-23-10-7-11-24-52/h1-2,6-44H,3H3. The summed E-state index contributed by atoms with van der Waals surface area (Å²) in [5.74, 6) is 5.69. The zero-order chi connectivity index (χ0) is 45.8. The van der Waals surface area contributed by atoms with Crippen molar-refractivity contribution in [1.29, 1.82) is 0 Å². The van der Waals surface area contributed by atoms with Crippen LogP contribution in [0, 0.1) is 24.7 Å². The molecule has 1 aromatic heterocycles. The van der Waals surface area contributed by atoms with E-state index in [0.29, 0.717) is 0 Å². The first-order chi connectivity index (χ1) is 33.5. The van der Waals surface area contributed by atoms with E-state index in [1.807, 2.05) is 12.1 Å². The van der Waals surface area contributed by atoms with Crippen molar-refractivity contribution in [2.75, 3.05) is 4.90 Å². The first-order valence-electron chi connectivity index (χ1n) is 23.1. The number of para-hydroxylation sites is 2. The fourth-order valence-corrected chi connectivity index (χ4v) is 10.7. The summed E-state index contributed by atoms with van der Waals surface area (Å²) in [6.45, 7) is 2.36. The van der Waals surface area contributed by atoms with Crippen molar-refractivity contribution in [2.24, 2.45) is 0 Å². The molecule has 1 heterocycles. The molecule has 0 amide bonds. The van der Waals surface area contributed by atoms with Crippen LogP contribution in [0.3, 0.4) is 0 Å². The van der Waals surface area contributed by atoms with Gasteiger partial charge in [-0.3, -0.25) is 0 Å². The van der Waals surface area contributed by atoms with Gasteiger partial charge in [-0.1, -0.05) is 170 Å². The molecule has 1 aliphatic carbocycles.